The summed E-state index contributed by atoms with van der Waals surface area (Å²) in [7, 11) is 0. The van der Waals surface area contributed by atoms with Gasteiger partial charge in [0, 0.05) is 38.6 Å². The fourth-order valence-corrected chi connectivity index (χ4v) is 9.07. The van der Waals surface area contributed by atoms with Crippen LogP contribution in [0, 0.1) is 0 Å². The Hall–Kier alpha value is -7.36. The Balaban J connectivity index is 1.14. The Morgan fingerprint density at radius 2 is 0.862 bits per heavy atom. The molecule has 0 saturated carbocycles. The van der Waals surface area contributed by atoms with Crippen LogP contribution in [0.25, 0.3) is 94.8 Å². The molecule has 58 heavy (non-hydrogen) atoms. The molecule has 10 aromatic rings. The smallest absolute Gasteiger partial charge is 0.160 e. The number of hydrogen-bond donors (Lipinski definition) is 0. The summed E-state index contributed by atoms with van der Waals surface area (Å²) in [4.78, 5) is 10.7. The molecular formula is C55H39N3. The van der Waals surface area contributed by atoms with E-state index >= 15 is 0 Å². The average molecular weight is 742 g/mol. The van der Waals surface area contributed by atoms with Crippen molar-refractivity contribution in [2.45, 2.75) is 19.3 Å². The van der Waals surface area contributed by atoms with Gasteiger partial charge in [0.05, 0.1) is 22.4 Å². The highest BCUT2D eigenvalue weighted by Gasteiger charge is 2.35. The standard InChI is InChI=1S/C55H39N3/c1-55(2)48-22-12-9-19-44(48)45-30-29-40(34-49(45)55)41-31-42(33-43(32-41)58-52-23-13-10-20-46(52)47-21-11-14-24-53(47)58)54-56-50(38-17-7-4-8-18-38)35-51(57-54)39-27-25-37(26-28-39)36-15-5-3-6-16-36/h3-35H,1-2H3. The third kappa shape index (κ3) is 5.58. The predicted molar refractivity (Wildman–Crippen MR) is 241 cm³/mol. The largest absolute Gasteiger partial charge is 0.309 e. The van der Waals surface area contributed by atoms with Crippen molar-refractivity contribution >= 4 is 21.8 Å². The zero-order valence-corrected chi connectivity index (χ0v) is 32.4. The second kappa shape index (κ2) is 13.4. The maximum absolute atomic E-state index is 5.37. The number of benzene rings is 8. The van der Waals surface area contributed by atoms with E-state index in [1.807, 2.05) is 6.07 Å². The lowest BCUT2D eigenvalue weighted by Gasteiger charge is -2.22. The summed E-state index contributed by atoms with van der Waals surface area (Å²) in [5, 5.41) is 2.45. The van der Waals surface area contributed by atoms with Crippen LogP contribution in [0.1, 0.15) is 25.0 Å². The van der Waals surface area contributed by atoms with E-state index in [1.165, 1.54) is 49.7 Å². The van der Waals surface area contributed by atoms with Crippen molar-refractivity contribution in [2.24, 2.45) is 0 Å². The number of para-hydroxylation sites is 2. The molecule has 0 spiro atoms. The van der Waals surface area contributed by atoms with Gasteiger partial charge in [-0.3, -0.25) is 0 Å². The normalized spacial score (nSPS) is 12.8. The predicted octanol–water partition coefficient (Wildman–Crippen LogP) is 14.2. The lowest BCUT2D eigenvalue weighted by atomic mass is 9.81. The summed E-state index contributed by atoms with van der Waals surface area (Å²) < 4.78 is 2.40. The van der Waals surface area contributed by atoms with Crippen LogP contribution in [0.3, 0.4) is 0 Å². The topological polar surface area (TPSA) is 30.7 Å². The van der Waals surface area contributed by atoms with Gasteiger partial charge in [-0.05, 0) is 87.0 Å². The molecule has 0 atom stereocenters. The van der Waals surface area contributed by atoms with Crippen LogP contribution >= 0.6 is 0 Å². The summed E-state index contributed by atoms with van der Waals surface area (Å²) in [5.41, 5.74) is 18.1. The molecule has 1 aliphatic carbocycles. The molecule has 274 valence electrons. The average Bonchev–Trinajstić information content (AvgIpc) is 3.75. The van der Waals surface area contributed by atoms with E-state index in [0.29, 0.717) is 5.82 Å². The van der Waals surface area contributed by atoms with E-state index in [-0.39, 0.29) is 5.41 Å². The van der Waals surface area contributed by atoms with E-state index in [1.54, 1.807) is 0 Å². The van der Waals surface area contributed by atoms with Crippen LogP contribution in [-0.4, -0.2) is 14.5 Å². The summed E-state index contributed by atoms with van der Waals surface area (Å²) in [6.45, 7) is 4.69. The van der Waals surface area contributed by atoms with Gasteiger partial charge in [-0.15, -0.1) is 0 Å². The Morgan fingerprint density at radius 3 is 1.55 bits per heavy atom. The van der Waals surface area contributed by atoms with Crippen molar-refractivity contribution in [1.82, 2.24) is 14.5 Å². The molecule has 2 heterocycles. The van der Waals surface area contributed by atoms with Gasteiger partial charge in [-0.1, -0.05) is 172 Å². The second-order valence-corrected chi connectivity index (χ2v) is 15.8. The van der Waals surface area contributed by atoms with Gasteiger partial charge < -0.3 is 4.57 Å². The van der Waals surface area contributed by atoms with Gasteiger partial charge in [0.1, 0.15) is 0 Å². The van der Waals surface area contributed by atoms with Crippen molar-refractivity contribution in [1.29, 1.82) is 0 Å². The molecule has 0 unspecified atom stereocenters. The van der Waals surface area contributed by atoms with Gasteiger partial charge in [0.2, 0.25) is 0 Å². The van der Waals surface area contributed by atoms with Crippen molar-refractivity contribution in [3.63, 3.8) is 0 Å². The molecule has 1 aliphatic rings. The highest BCUT2D eigenvalue weighted by molar-refractivity contribution is 6.09. The molecule has 0 saturated heterocycles. The van der Waals surface area contributed by atoms with Gasteiger partial charge in [0.25, 0.3) is 0 Å². The first-order chi connectivity index (χ1) is 28.5. The number of aromatic nitrogens is 3. The van der Waals surface area contributed by atoms with Gasteiger partial charge in [0.15, 0.2) is 5.82 Å². The molecule has 8 aromatic carbocycles. The Bertz CT molecular complexity index is 3120. The SMILES string of the molecule is CC1(C)c2ccccc2-c2ccc(-c3cc(-c4nc(-c5ccccc5)cc(-c5ccc(-c6ccccc6)cc5)n4)cc(-n4c5ccccc5c5ccccc54)c3)cc21. The molecule has 0 N–H and O–H groups in total. The number of rotatable bonds is 6. The Kier molecular flexibility index (Phi) is 7.84. The quantitative estimate of drug-likeness (QED) is 0.170. The summed E-state index contributed by atoms with van der Waals surface area (Å²) in [5.74, 6) is 0.682. The molecule has 11 rings (SSSR count). The Morgan fingerprint density at radius 1 is 0.362 bits per heavy atom. The third-order valence-electron chi connectivity index (χ3n) is 12.0. The summed E-state index contributed by atoms with van der Waals surface area (Å²) >= 11 is 0. The number of hydrogen-bond acceptors (Lipinski definition) is 2. The minimum atomic E-state index is -0.118. The summed E-state index contributed by atoms with van der Waals surface area (Å²) in [6, 6.07) is 71.9. The molecule has 0 fully saturated rings. The molecule has 0 amide bonds. The molecule has 3 heteroatoms. The zero-order valence-electron chi connectivity index (χ0n) is 32.4. The van der Waals surface area contributed by atoms with Crippen molar-refractivity contribution in [3.8, 4) is 73.0 Å². The van der Waals surface area contributed by atoms with Gasteiger partial charge in [-0.2, -0.15) is 0 Å². The minimum Gasteiger partial charge on any atom is -0.309 e. The molecule has 0 radical (unpaired) electrons. The van der Waals surface area contributed by atoms with E-state index in [2.05, 4.69) is 213 Å². The lowest BCUT2D eigenvalue weighted by Crippen LogP contribution is -2.14. The fraction of sp³-hybridized carbons (Fsp3) is 0.0545. The monoisotopic (exact) mass is 741 g/mol. The highest BCUT2D eigenvalue weighted by Crippen LogP contribution is 2.50. The molecule has 3 nitrogen and oxygen atoms in total. The van der Waals surface area contributed by atoms with E-state index in [4.69, 9.17) is 9.97 Å². The Labute approximate surface area is 338 Å². The van der Waals surface area contributed by atoms with Crippen LogP contribution in [0.4, 0.5) is 0 Å². The van der Waals surface area contributed by atoms with E-state index in [9.17, 15) is 0 Å². The van der Waals surface area contributed by atoms with Crippen molar-refractivity contribution < 1.29 is 0 Å². The summed E-state index contributed by atoms with van der Waals surface area (Å²) in [6.07, 6.45) is 0. The first kappa shape index (κ1) is 33.9. The maximum Gasteiger partial charge on any atom is 0.160 e. The van der Waals surface area contributed by atoms with Crippen LogP contribution in [0.2, 0.25) is 0 Å². The van der Waals surface area contributed by atoms with Crippen molar-refractivity contribution in [2.75, 3.05) is 0 Å². The number of fused-ring (bicyclic) bond motifs is 6. The fourth-order valence-electron chi connectivity index (χ4n) is 9.07. The first-order valence-electron chi connectivity index (χ1n) is 20.0. The highest BCUT2D eigenvalue weighted by atomic mass is 15.0. The van der Waals surface area contributed by atoms with Crippen LogP contribution in [0.15, 0.2) is 200 Å². The third-order valence-corrected chi connectivity index (χ3v) is 12.0. The van der Waals surface area contributed by atoms with Crippen LogP contribution in [0.5, 0.6) is 0 Å². The molecule has 2 aromatic heterocycles. The second-order valence-electron chi connectivity index (χ2n) is 15.8. The van der Waals surface area contributed by atoms with Gasteiger partial charge in [-0.25, -0.2) is 9.97 Å². The maximum atomic E-state index is 5.37. The lowest BCUT2D eigenvalue weighted by molar-refractivity contribution is 0.660. The van der Waals surface area contributed by atoms with Crippen LogP contribution in [-0.2, 0) is 5.41 Å². The van der Waals surface area contributed by atoms with E-state index in [0.717, 1.165) is 50.4 Å². The molecule has 0 aliphatic heterocycles. The minimum absolute atomic E-state index is 0.118. The first-order valence-corrected chi connectivity index (χ1v) is 20.0. The molecular weight excluding hydrogens is 703 g/mol. The van der Waals surface area contributed by atoms with Gasteiger partial charge >= 0.3 is 0 Å². The zero-order chi connectivity index (χ0) is 38.8. The van der Waals surface area contributed by atoms with Crippen LogP contribution < -0.4 is 0 Å². The number of nitrogens with zero attached hydrogens (tertiary/aromatic N) is 3. The van der Waals surface area contributed by atoms with E-state index < -0.39 is 0 Å². The molecule has 0 bridgehead atoms. The van der Waals surface area contributed by atoms with Crippen molar-refractivity contribution in [3.05, 3.63) is 211 Å².